The lowest BCUT2D eigenvalue weighted by Gasteiger charge is -2.34. The van der Waals surface area contributed by atoms with Crippen molar-refractivity contribution in [2.75, 3.05) is 24.1 Å². The Kier molecular flexibility index (Phi) is 8.58. The Morgan fingerprint density at radius 3 is 2.54 bits per heavy atom. The number of anilines is 2. The van der Waals surface area contributed by atoms with E-state index in [-0.39, 0.29) is 18.0 Å². The zero-order valence-electron chi connectivity index (χ0n) is 22.9. The number of likely N-dealkylation sites (tertiary alicyclic amines) is 1. The van der Waals surface area contributed by atoms with Crippen LogP contribution in [0, 0.1) is 18.3 Å². The molecule has 1 saturated heterocycles. The largest absolute Gasteiger partial charge is 0.444 e. The summed E-state index contributed by atoms with van der Waals surface area (Å²) in [6, 6.07) is 6.33. The van der Waals surface area contributed by atoms with Gasteiger partial charge in [0.15, 0.2) is 0 Å². The Bertz CT molecular complexity index is 1290. The van der Waals surface area contributed by atoms with Gasteiger partial charge in [-0.1, -0.05) is 13.8 Å². The number of hydrogen-bond donors (Lipinski definition) is 2. The molecule has 3 aromatic heterocycles. The molecule has 4 rings (SSSR count). The molecule has 0 bridgehead atoms. The minimum absolute atomic E-state index is 0.116. The zero-order valence-corrected chi connectivity index (χ0v) is 22.9. The molecule has 0 aromatic carbocycles. The first kappa shape index (κ1) is 27.7. The summed E-state index contributed by atoms with van der Waals surface area (Å²) < 4.78 is 7.60. The number of carbonyl (C=O) groups is 1. The number of nitrogens with one attached hydrogen (secondary N) is 1. The van der Waals surface area contributed by atoms with Gasteiger partial charge in [-0.25, -0.2) is 14.8 Å². The van der Waals surface area contributed by atoms with Gasteiger partial charge in [0.2, 0.25) is 5.95 Å². The second kappa shape index (κ2) is 11.5. The highest BCUT2D eigenvalue weighted by Gasteiger charge is 2.29. The van der Waals surface area contributed by atoms with Crippen LogP contribution in [0.4, 0.5) is 16.6 Å². The third-order valence-electron chi connectivity index (χ3n) is 6.21. The number of nitrogens with zero attached hydrogens (tertiary/aromatic N) is 6. The lowest BCUT2D eigenvalue weighted by Crippen LogP contribution is -2.41. The predicted octanol–water partition coefficient (Wildman–Crippen LogP) is 4.88. The average Bonchev–Trinajstić information content (AvgIpc) is 3.21. The highest BCUT2D eigenvalue weighted by atomic mass is 16.6. The minimum atomic E-state index is -0.515. The van der Waals surface area contributed by atoms with E-state index in [2.05, 4.69) is 32.0 Å². The number of ether oxygens (including phenoxy) is 1. The third kappa shape index (κ3) is 6.47. The maximum atomic E-state index is 12.5. The fraction of sp³-hybridized carbons (Fsp3) is 0.519. The number of fused-ring (bicyclic) bond motifs is 1. The second-order valence-corrected chi connectivity index (χ2v) is 9.95. The van der Waals surface area contributed by atoms with Crippen LogP contribution in [0.3, 0.4) is 0 Å². The number of rotatable bonds is 4. The molecule has 10 nitrogen and oxygen atoms in total. The molecule has 1 aliphatic rings. The molecule has 0 atom stereocenters. The summed E-state index contributed by atoms with van der Waals surface area (Å²) in [6.07, 6.45) is 3.35. The van der Waals surface area contributed by atoms with Crippen molar-refractivity contribution in [2.45, 2.75) is 72.4 Å². The van der Waals surface area contributed by atoms with Gasteiger partial charge in [0.25, 0.3) is 0 Å². The number of nitriles is 1. The number of pyridine rings is 1. The first-order valence-corrected chi connectivity index (χ1v) is 12.8. The Hall–Kier alpha value is -3.87. The fourth-order valence-electron chi connectivity index (χ4n) is 4.46. The molecule has 4 heterocycles. The molecular formula is C27H38N8O2. The van der Waals surface area contributed by atoms with Gasteiger partial charge in [-0.2, -0.15) is 10.2 Å². The summed E-state index contributed by atoms with van der Waals surface area (Å²) in [7, 11) is 2.00. The number of piperidine rings is 1. The van der Waals surface area contributed by atoms with E-state index in [1.165, 1.54) is 0 Å². The highest BCUT2D eigenvalue weighted by molar-refractivity contribution is 5.77. The molecule has 1 amide bonds. The van der Waals surface area contributed by atoms with Crippen LogP contribution in [-0.2, 0) is 18.3 Å². The van der Waals surface area contributed by atoms with Crippen molar-refractivity contribution in [3.05, 3.63) is 40.8 Å². The van der Waals surface area contributed by atoms with Crippen molar-refractivity contribution < 1.29 is 9.53 Å². The highest BCUT2D eigenvalue weighted by Crippen LogP contribution is 2.33. The SMILES string of the molecule is CC.Cc1nc(N)nc(NCc2nc3ccn(C)c3cc2C2CCN(C(=O)OC(C)(C)C)CC2)c1C#N. The van der Waals surface area contributed by atoms with Crippen LogP contribution in [-0.4, -0.2) is 49.2 Å². The fourth-order valence-corrected chi connectivity index (χ4v) is 4.46. The van der Waals surface area contributed by atoms with Crippen LogP contribution in [0.25, 0.3) is 11.0 Å². The van der Waals surface area contributed by atoms with E-state index in [9.17, 15) is 10.1 Å². The smallest absolute Gasteiger partial charge is 0.410 e. The van der Waals surface area contributed by atoms with Gasteiger partial charge in [-0.3, -0.25) is 0 Å². The predicted molar refractivity (Wildman–Crippen MR) is 145 cm³/mol. The number of nitrogen functional groups attached to an aromatic ring is 1. The summed E-state index contributed by atoms with van der Waals surface area (Å²) in [5.41, 5.74) is 10.2. The molecule has 3 aromatic rings. The monoisotopic (exact) mass is 506 g/mol. The van der Waals surface area contributed by atoms with Crippen LogP contribution < -0.4 is 11.1 Å². The summed E-state index contributed by atoms with van der Waals surface area (Å²) in [4.78, 5) is 27.5. The first-order chi connectivity index (χ1) is 17.6. The Labute approximate surface area is 218 Å². The van der Waals surface area contributed by atoms with Gasteiger partial charge in [0.1, 0.15) is 23.1 Å². The normalized spacial score (nSPS) is 14.1. The van der Waals surface area contributed by atoms with E-state index in [1.54, 1.807) is 11.8 Å². The molecule has 0 spiro atoms. The molecule has 0 aliphatic carbocycles. The van der Waals surface area contributed by atoms with Crippen molar-refractivity contribution >= 4 is 28.9 Å². The minimum Gasteiger partial charge on any atom is -0.444 e. The van der Waals surface area contributed by atoms with Crippen LogP contribution in [0.2, 0.25) is 0 Å². The molecule has 0 unspecified atom stereocenters. The molecule has 0 saturated carbocycles. The topological polar surface area (TPSA) is 135 Å². The Morgan fingerprint density at radius 2 is 1.92 bits per heavy atom. The summed E-state index contributed by atoms with van der Waals surface area (Å²) in [5, 5.41) is 12.8. The number of carbonyl (C=O) groups excluding carboxylic acids is 1. The third-order valence-corrected chi connectivity index (χ3v) is 6.21. The van der Waals surface area contributed by atoms with E-state index in [0.29, 0.717) is 36.7 Å². The van der Waals surface area contributed by atoms with E-state index in [0.717, 1.165) is 35.1 Å². The molecule has 0 radical (unpaired) electrons. The van der Waals surface area contributed by atoms with Crippen molar-refractivity contribution in [3.8, 4) is 6.07 Å². The lowest BCUT2D eigenvalue weighted by molar-refractivity contribution is 0.0204. The van der Waals surface area contributed by atoms with Gasteiger partial charge < -0.3 is 25.3 Å². The van der Waals surface area contributed by atoms with E-state index in [1.807, 2.05) is 53.9 Å². The quantitative estimate of drug-likeness (QED) is 0.511. The number of amides is 1. The van der Waals surface area contributed by atoms with Gasteiger partial charge in [-0.15, -0.1) is 0 Å². The van der Waals surface area contributed by atoms with Crippen LogP contribution in [0.1, 0.15) is 75.9 Å². The number of nitrogens with two attached hydrogens (primary N) is 1. The van der Waals surface area contributed by atoms with Crippen molar-refractivity contribution in [2.24, 2.45) is 7.05 Å². The van der Waals surface area contributed by atoms with E-state index >= 15 is 0 Å². The maximum absolute atomic E-state index is 12.5. The van der Waals surface area contributed by atoms with Crippen LogP contribution >= 0.6 is 0 Å². The molecule has 1 fully saturated rings. The molecular weight excluding hydrogens is 468 g/mol. The zero-order chi connectivity index (χ0) is 27.3. The second-order valence-electron chi connectivity index (χ2n) is 9.95. The number of hydrogen-bond acceptors (Lipinski definition) is 8. The molecule has 37 heavy (non-hydrogen) atoms. The number of aryl methyl sites for hydroxylation is 2. The summed E-state index contributed by atoms with van der Waals surface area (Å²) >= 11 is 0. The Morgan fingerprint density at radius 1 is 1.24 bits per heavy atom. The summed E-state index contributed by atoms with van der Waals surface area (Å²) in [6.45, 7) is 13.0. The van der Waals surface area contributed by atoms with Crippen molar-refractivity contribution in [3.63, 3.8) is 0 Å². The van der Waals surface area contributed by atoms with Crippen LogP contribution in [0.15, 0.2) is 18.3 Å². The first-order valence-electron chi connectivity index (χ1n) is 12.8. The van der Waals surface area contributed by atoms with Gasteiger partial charge >= 0.3 is 6.09 Å². The van der Waals surface area contributed by atoms with Crippen LogP contribution in [0.5, 0.6) is 0 Å². The maximum Gasteiger partial charge on any atom is 0.410 e. The van der Waals surface area contributed by atoms with E-state index in [4.69, 9.17) is 15.5 Å². The van der Waals surface area contributed by atoms with Crippen molar-refractivity contribution in [1.82, 2.24) is 24.4 Å². The molecule has 10 heteroatoms. The van der Waals surface area contributed by atoms with Gasteiger partial charge in [-0.05, 0) is 64.2 Å². The molecule has 1 aliphatic heterocycles. The van der Waals surface area contributed by atoms with E-state index < -0.39 is 5.60 Å². The molecule has 198 valence electrons. The Balaban J connectivity index is 0.00000186. The molecule has 3 N–H and O–H groups in total. The number of aromatic nitrogens is 4. The lowest BCUT2D eigenvalue weighted by atomic mass is 9.88. The van der Waals surface area contributed by atoms with Gasteiger partial charge in [0, 0.05) is 26.3 Å². The van der Waals surface area contributed by atoms with Gasteiger partial charge in [0.05, 0.1) is 29.0 Å². The summed E-state index contributed by atoms with van der Waals surface area (Å²) in [5.74, 6) is 0.758. The average molecular weight is 507 g/mol. The standard InChI is InChI=1S/C25H32N8O2.C2H6/c1-15-18(13-26)22(31-23(27)29-15)28-14-20-17(12-21-19(30-20)8-9-32(21)5)16-6-10-33(11-7-16)24(34)35-25(2,3)4;1-2/h8-9,12,16H,6-7,10-11,14H2,1-5H3,(H3,27,28,29,31);1-2H3. The van der Waals surface area contributed by atoms with Crippen molar-refractivity contribution in [1.29, 1.82) is 5.26 Å².